The van der Waals surface area contributed by atoms with Gasteiger partial charge >= 0.3 is 5.97 Å². The smallest absolute Gasteiger partial charge is 0.307 e. The third-order valence-electron chi connectivity index (χ3n) is 4.15. The molecule has 1 aliphatic rings. The highest BCUT2D eigenvalue weighted by molar-refractivity contribution is 5.71. The Bertz CT molecular complexity index is 668. The van der Waals surface area contributed by atoms with Crippen molar-refractivity contribution in [1.82, 2.24) is 15.1 Å². The maximum Gasteiger partial charge on any atom is 0.307 e. The van der Waals surface area contributed by atoms with Crippen molar-refractivity contribution in [2.75, 3.05) is 0 Å². The summed E-state index contributed by atoms with van der Waals surface area (Å²) in [6.07, 6.45) is 4.82. The van der Waals surface area contributed by atoms with E-state index in [-0.39, 0.29) is 5.92 Å². The van der Waals surface area contributed by atoms with E-state index in [9.17, 15) is 9.90 Å². The van der Waals surface area contributed by atoms with E-state index in [0.29, 0.717) is 24.1 Å². The van der Waals surface area contributed by atoms with Crippen LogP contribution in [0.1, 0.15) is 37.1 Å². The van der Waals surface area contributed by atoms with E-state index >= 15 is 0 Å². The molecule has 0 radical (unpaired) electrons. The van der Waals surface area contributed by atoms with E-state index in [4.69, 9.17) is 4.52 Å². The molecule has 2 heterocycles. The van der Waals surface area contributed by atoms with Gasteiger partial charge in [0.1, 0.15) is 0 Å². The van der Waals surface area contributed by atoms with Gasteiger partial charge in [-0.2, -0.15) is 4.98 Å². The minimum atomic E-state index is -0.790. The van der Waals surface area contributed by atoms with Crippen LogP contribution in [0.25, 0.3) is 11.4 Å². The largest absolute Gasteiger partial charge is 0.481 e. The molecule has 2 aromatic rings. The molecule has 1 aliphatic carbocycles. The van der Waals surface area contributed by atoms with Crippen LogP contribution in [0.3, 0.4) is 0 Å². The van der Waals surface area contributed by atoms with Crippen LogP contribution < -0.4 is 0 Å². The first kappa shape index (κ1) is 13.7. The molecule has 0 saturated heterocycles. The van der Waals surface area contributed by atoms with Crippen molar-refractivity contribution in [2.45, 2.75) is 32.6 Å². The van der Waals surface area contributed by atoms with Crippen LogP contribution in [-0.4, -0.2) is 26.2 Å². The number of nitrogens with zero attached hydrogens (tertiary/aromatic N) is 3. The van der Waals surface area contributed by atoms with Gasteiger partial charge in [0.2, 0.25) is 11.7 Å². The van der Waals surface area contributed by atoms with Crippen LogP contribution in [0.15, 0.2) is 23.0 Å². The number of hydrogen-bond donors (Lipinski definition) is 1. The fourth-order valence-electron chi connectivity index (χ4n) is 3.03. The monoisotopic (exact) mass is 287 g/mol. The van der Waals surface area contributed by atoms with Gasteiger partial charge in [0.15, 0.2) is 0 Å². The van der Waals surface area contributed by atoms with Crippen molar-refractivity contribution < 1.29 is 14.4 Å². The van der Waals surface area contributed by atoms with Crippen molar-refractivity contribution >= 4 is 5.97 Å². The SMILES string of the molecule is Cc1ccncc1-c1noc(C2CC(C)CC2C(=O)O)n1. The first-order valence-corrected chi connectivity index (χ1v) is 7.03. The lowest BCUT2D eigenvalue weighted by atomic mass is 9.96. The van der Waals surface area contributed by atoms with Crippen molar-refractivity contribution in [3.63, 3.8) is 0 Å². The molecule has 0 amide bonds. The molecule has 6 nitrogen and oxygen atoms in total. The Balaban J connectivity index is 1.92. The summed E-state index contributed by atoms with van der Waals surface area (Å²) in [4.78, 5) is 19.8. The topological polar surface area (TPSA) is 89.1 Å². The minimum absolute atomic E-state index is 0.198. The molecule has 6 heteroatoms. The number of rotatable bonds is 3. The fraction of sp³-hybridized carbons (Fsp3) is 0.467. The highest BCUT2D eigenvalue weighted by Crippen LogP contribution is 2.42. The van der Waals surface area contributed by atoms with Crippen LogP contribution >= 0.6 is 0 Å². The lowest BCUT2D eigenvalue weighted by Crippen LogP contribution is -2.17. The van der Waals surface area contributed by atoms with E-state index < -0.39 is 11.9 Å². The standard InChI is InChI=1S/C15H17N3O3/c1-8-5-10(11(6-8)15(19)20)14-17-13(18-21-14)12-7-16-4-3-9(12)2/h3-4,7-8,10-11H,5-6H2,1-2H3,(H,19,20). The van der Waals surface area contributed by atoms with Gasteiger partial charge in [0, 0.05) is 18.0 Å². The third kappa shape index (κ3) is 2.53. The average molecular weight is 287 g/mol. The molecule has 0 spiro atoms. The minimum Gasteiger partial charge on any atom is -0.481 e. The first-order chi connectivity index (χ1) is 10.1. The van der Waals surface area contributed by atoms with Crippen molar-refractivity contribution in [3.05, 3.63) is 29.9 Å². The summed E-state index contributed by atoms with van der Waals surface area (Å²) in [5, 5.41) is 13.3. The van der Waals surface area contributed by atoms with Gasteiger partial charge in [-0.3, -0.25) is 9.78 Å². The molecule has 0 bridgehead atoms. The van der Waals surface area contributed by atoms with E-state index in [1.165, 1.54) is 0 Å². The van der Waals surface area contributed by atoms with Crippen LogP contribution in [0.2, 0.25) is 0 Å². The summed E-state index contributed by atoms with van der Waals surface area (Å²) < 4.78 is 5.33. The first-order valence-electron chi connectivity index (χ1n) is 7.03. The molecule has 2 aromatic heterocycles. The molecule has 1 fully saturated rings. The highest BCUT2D eigenvalue weighted by atomic mass is 16.5. The van der Waals surface area contributed by atoms with Gasteiger partial charge in [-0.25, -0.2) is 0 Å². The molecule has 3 rings (SSSR count). The number of aromatic nitrogens is 3. The quantitative estimate of drug-likeness (QED) is 0.933. The zero-order valence-corrected chi connectivity index (χ0v) is 12.0. The van der Waals surface area contributed by atoms with Gasteiger partial charge in [0.05, 0.1) is 11.8 Å². The van der Waals surface area contributed by atoms with Gasteiger partial charge in [-0.1, -0.05) is 12.1 Å². The van der Waals surface area contributed by atoms with Crippen molar-refractivity contribution in [2.24, 2.45) is 11.8 Å². The second kappa shape index (κ2) is 5.27. The number of aryl methyl sites for hydroxylation is 1. The Morgan fingerprint density at radius 1 is 1.43 bits per heavy atom. The second-order valence-corrected chi connectivity index (χ2v) is 5.77. The molecule has 1 saturated carbocycles. The lowest BCUT2D eigenvalue weighted by molar-refractivity contribution is -0.142. The van der Waals surface area contributed by atoms with Gasteiger partial charge in [-0.15, -0.1) is 0 Å². The number of carboxylic acid groups (broad SMARTS) is 1. The number of carboxylic acids is 1. The maximum absolute atomic E-state index is 11.4. The fourth-order valence-corrected chi connectivity index (χ4v) is 3.03. The summed E-state index contributed by atoms with van der Waals surface area (Å²) in [5.74, 6) is -0.184. The Morgan fingerprint density at radius 3 is 2.95 bits per heavy atom. The predicted octanol–water partition coefficient (Wildman–Crippen LogP) is 2.65. The van der Waals surface area contributed by atoms with Crippen LogP contribution in [0.5, 0.6) is 0 Å². The molecular formula is C15H17N3O3. The number of carbonyl (C=O) groups is 1. The normalized spacial score (nSPS) is 25.1. The summed E-state index contributed by atoms with van der Waals surface area (Å²) >= 11 is 0. The maximum atomic E-state index is 11.4. The van der Waals surface area contributed by atoms with Crippen molar-refractivity contribution in [3.8, 4) is 11.4 Å². The number of aliphatic carboxylic acids is 1. The van der Waals surface area contributed by atoms with Gasteiger partial charge in [0.25, 0.3) is 0 Å². The molecule has 1 N–H and O–H groups in total. The molecule has 0 aromatic carbocycles. The van der Waals surface area contributed by atoms with Crippen molar-refractivity contribution in [1.29, 1.82) is 0 Å². The van der Waals surface area contributed by atoms with Crippen LogP contribution in [0.4, 0.5) is 0 Å². The molecule has 21 heavy (non-hydrogen) atoms. The van der Waals surface area contributed by atoms with Crippen LogP contribution in [0, 0.1) is 18.8 Å². The zero-order chi connectivity index (χ0) is 15.0. The van der Waals surface area contributed by atoms with E-state index in [0.717, 1.165) is 17.5 Å². The summed E-state index contributed by atoms with van der Waals surface area (Å²) in [7, 11) is 0. The molecule has 3 unspecified atom stereocenters. The molecule has 3 atom stereocenters. The summed E-state index contributed by atoms with van der Waals surface area (Å²) in [6, 6.07) is 1.88. The Morgan fingerprint density at radius 2 is 2.24 bits per heavy atom. The molecule has 0 aliphatic heterocycles. The van der Waals surface area contributed by atoms with E-state index in [1.54, 1.807) is 12.4 Å². The summed E-state index contributed by atoms with van der Waals surface area (Å²) in [5.41, 5.74) is 1.82. The number of pyridine rings is 1. The molecular weight excluding hydrogens is 270 g/mol. The third-order valence-corrected chi connectivity index (χ3v) is 4.15. The lowest BCUT2D eigenvalue weighted by Gasteiger charge is -2.10. The van der Waals surface area contributed by atoms with Gasteiger partial charge < -0.3 is 9.63 Å². The molecule has 110 valence electrons. The van der Waals surface area contributed by atoms with E-state index in [2.05, 4.69) is 22.0 Å². The van der Waals surface area contributed by atoms with E-state index in [1.807, 2.05) is 13.0 Å². The highest BCUT2D eigenvalue weighted by Gasteiger charge is 2.41. The average Bonchev–Trinajstić information content (AvgIpc) is 3.05. The van der Waals surface area contributed by atoms with Crippen LogP contribution in [-0.2, 0) is 4.79 Å². The zero-order valence-electron chi connectivity index (χ0n) is 12.0. The predicted molar refractivity (Wildman–Crippen MR) is 74.5 cm³/mol. The Hall–Kier alpha value is -2.24. The second-order valence-electron chi connectivity index (χ2n) is 5.77. The Labute approximate surface area is 122 Å². The van der Waals surface area contributed by atoms with Gasteiger partial charge in [-0.05, 0) is 37.3 Å². The summed E-state index contributed by atoms with van der Waals surface area (Å²) in [6.45, 7) is 4.00. The number of hydrogen-bond acceptors (Lipinski definition) is 5. The Kier molecular flexibility index (Phi) is 3.45.